The SMILES string of the molecule is COc1ccc(C2(C(=O)O)CC2)c2ccsc12. The fourth-order valence-electron chi connectivity index (χ4n) is 2.34. The Hall–Kier alpha value is -1.55. The highest BCUT2D eigenvalue weighted by Crippen LogP contribution is 2.52. The van der Waals surface area contributed by atoms with Crippen molar-refractivity contribution in [2.75, 3.05) is 7.11 Å². The molecule has 0 radical (unpaired) electrons. The molecule has 1 N–H and O–H groups in total. The van der Waals surface area contributed by atoms with Crippen LogP contribution < -0.4 is 4.74 Å². The Morgan fingerprint density at radius 2 is 2.18 bits per heavy atom. The van der Waals surface area contributed by atoms with Gasteiger partial charge in [-0.05, 0) is 35.9 Å². The zero-order valence-corrected chi connectivity index (χ0v) is 10.2. The summed E-state index contributed by atoms with van der Waals surface area (Å²) in [6.07, 6.45) is 1.47. The van der Waals surface area contributed by atoms with E-state index < -0.39 is 11.4 Å². The predicted molar refractivity (Wildman–Crippen MR) is 66.9 cm³/mol. The number of hydrogen-bond acceptors (Lipinski definition) is 3. The van der Waals surface area contributed by atoms with Gasteiger partial charge in [0.1, 0.15) is 5.75 Å². The van der Waals surface area contributed by atoms with Gasteiger partial charge in [0, 0.05) is 5.39 Å². The molecule has 17 heavy (non-hydrogen) atoms. The Morgan fingerprint density at radius 3 is 2.76 bits per heavy atom. The maximum absolute atomic E-state index is 11.4. The standard InChI is InChI=1S/C13H12O3S/c1-16-10-3-2-9(8-4-7-17-11(8)10)13(5-6-13)12(14)15/h2-4,7H,5-6H2,1H3,(H,14,15). The highest BCUT2D eigenvalue weighted by Gasteiger charge is 2.52. The van der Waals surface area contributed by atoms with Crippen LogP contribution in [0.2, 0.25) is 0 Å². The number of fused-ring (bicyclic) bond motifs is 1. The molecule has 1 aliphatic carbocycles. The van der Waals surface area contributed by atoms with Crippen LogP contribution in [0.15, 0.2) is 23.6 Å². The van der Waals surface area contributed by atoms with E-state index in [4.69, 9.17) is 4.74 Å². The number of carboxylic acids is 1. The van der Waals surface area contributed by atoms with Crippen molar-refractivity contribution >= 4 is 27.4 Å². The summed E-state index contributed by atoms with van der Waals surface area (Å²) in [6, 6.07) is 5.76. The number of carbonyl (C=O) groups is 1. The van der Waals surface area contributed by atoms with Crippen LogP contribution in [0, 0.1) is 0 Å². The number of aliphatic carboxylic acids is 1. The lowest BCUT2D eigenvalue weighted by molar-refractivity contribution is -0.139. The minimum Gasteiger partial charge on any atom is -0.495 e. The third-order valence-corrected chi connectivity index (χ3v) is 4.40. The summed E-state index contributed by atoms with van der Waals surface area (Å²) in [5.41, 5.74) is 0.285. The number of hydrogen-bond donors (Lipinski definition) is 1. The van der Waals surface area contributed by atoms with Crippen LogP contribution in [-0.2, 0) is 10.2 Å². The zero-order valence-electron chi connectivity index (χ0n) is 9.40. The lowest BCUT2D eigenvalue weighted by atomic mass is 9.93. The van der Waals surface area contributed by atoms with Crippen LogP contribution in [0.1, 0.15) is 18.4 Å². The van der Waals surface area contributed by atoms with Gasteiger partial charge in [0.05, 0.1) is 17.2 Å². The lowest BCUT2D eigenvalue weighted by Crippen LogP contribution is -2.19. The summed E-state index contributed by atoms with van der Waals surface area (Å²) >= 11 is 1.59. The van der Waals surface area contributed by atoms with E-state index in [0.717, 1.165) is 34.2 Å². The fourth-order valence-corrected chi connectivity index (χ4v) is 3.25. The molecule has 1 saturated carbocycles. The Bertz CT molecular complexity index is 596. The highest BCUT2D eigenvalue weighted by atomic mass is 32.1. The normalized spacial score (nSPS) is 17.0. The van der Waals surface area contributed by atoms with Gasteiger partial charge in [0.25, 0.3) is 0 Å². The van der Waals surface area contributed by atoms with Crippen LogP contribution in [0.4, 0.5) is 0 Å². The van der Waals surface area contributed by atoms with Crippen molar-refractivity contribution in [3.63, 3.8) is 0 Å². The molecule has 2 aromatic rings. The molecular formula is C13H12O3S. The summed E-state index contributed by atoms with van der Waals surface area (Å²) < 4.78 is 6.34. The highest BCUT2D eigenvalue weighted by molar-refractivity contribution is 7.17. The van der Waals surface area contributed by atoms with Crippen LogP contribution >= 0.6 is 11.3 Å². The van der Waals surface area contributed by atoms with E-state index in [0.29, 0.717) is 0 Å². The third kappa shape index (κ3) is 1.37. The summed E-state index contributed by atoms with van der Waals surface area (Å²) in [5.74, 6) is 0.107. The Balaban J connectivity index is 2.25. The average molecular weight is 248 g/mol. The molecule has 1 heterocycles. The minimum atomic E-state index is -0.713. The van der Waals surface area contributed by atoms with Gasteiger partial charge in [0.2, 0.25) is 0 Å². The molecule has 1 aliphatic rings. The van der Waals surface area contributed by atoms with Gasteiger partial charge < -0.3 is 9.84 Å². The number of thiophene rings is 1. The first kappa shape index (κ1) is 10.6. The van der Waals surface area contributed by atoms with E-state index in [-0.39, 0.29) is 0 Å². The number of ether oxygens (including phenoxy) is 1. The number of methoxy groups -OCH3 is 1. The first-order valence-electron chi connectivity index (χ1n) is 5.47. The van der Waals surface area contributed by atoms with Crippen molar-refractivity contribution in [1.82, 2.24) is 0 Å². The molecule has 0 bridgehead atoms. The summed E-state index contributed by atoms with van der Waals surface area (Å²) in [7, 11) is 1.64. The minimum absolute atomic E-state index is 0.647. The molecule has 3 nitrogen and oxygen atoms in total. The van der Waals surface area contributed by atoms with Gasteiger partial charge >= 0.3 is 5.97 Å². The van der Waals surface area contributed by atoms with Crippen molar-refractivity contribution < 1.29 is 14.6 Å². The molecule has 0 atom stereocenters. The van der Waals surface area contributed by atoms with Crippen LogP contribution in [0.25, 0.3) is 10.1 Å². The Morgan fingerprint density at radius 1 is 1.41 bits per heavy atom. The van der Waals surface area contributed by atoms with Crippen LogP contribution in [0.3, 0.4) is 0 Å². The summed E-state index contributed by atoms with van der Waals surface area (Å²) in [6.45, 7) is 0. The summed E-state index contributed by atoms with van der Waals surface area (Å²) in [4.78, 5) is 11.4. The molecule has 0 amide bonds. The first-order chi connectivity index (χ1) is 8.19. The third-order valence-electron chi connectivity index (χ3n) is 3.48. The molecule has 1 aromatic carbocycles. The molecule has 0 spiro atoms. The van der Waals surface area contributed by atoms with Gasteiger partial charge in [-0.1, -0.05) is 6.07 Å². The van der Waals surface area contributed by atoms with Crippen molar-refractivity contribution in [1.29, 1.82) is 0 Å². The Labute approximate surface area is 103 Å². The lowest BCUT2D eigenvalue weighted by Gasteiger charge is -2.13. The second-order valence-corrected chi connectivity index (χ2v) is 5.28. The smallest absolute Gasteiger partial charge is 0.314 e. The van der Waals surface area contributed by atoms with Crippen molar-refractivity contribution in [3.05, 3.63) is 29.1 Å². The molecule has 88 valence electrons. The maximum Gasteiger partial charge on any atom is 0.314 e. The molecule has 3 rings (SSSR count). The maximum atomic E-state index is 11.4. The molecule has 4 heteroatoms. The van der Waals surface area contributed by atoms with Gasteiger partial charge in [-0.3, -0.25) is 4.79 Å². The monoisotopic (exact) mass is 248 g/mol. The molecule has 0 saturated heterocycles. The second kappa shape index (κ2) is 3.47. The molecule has 0 aliphatic heterocycles. The van der Waals surface area contributed by atoms with Crippen LogP contribution in [-0.4, -0.2) is 18.2 Å². The quantitative estimate of drug-likeness (QED) is 0.908. The Kier molecular flexibility index (Phi) is 2.16. The molecule has 1 fully saturated rings. The van der Waals surface area contributed by atoms with Crippen molar-refractivity contribution in [3.8, 4) is 5.75 Å². The summed E-state index contributed by atoms with van der Waals surface area (Å²) in [5, 5.41) is 12.4. The van der Waals surface area contributed by atoms with E-state index in [9.17, 15) is 9.90 Å². The van der Waals surface area contributed by atoms with E-state index in [2.05, 4.69) is 0 Å². The van der Waals surface area contributed by atoms with Gasteiger partial charge in [-0.25, -0.2) is 0 Å². The van der Waals surface area contributed by atoms with Gasteiger partial charge in [-0.2, -0.15) is 0 Å². The van der Waals surface area contributed by atoms with E-state index in [1.165, 1.54) is 0 Å². The van der Waals surface area contributed by atoms with E-state index in [1.54, 1.807) is 18.4 Å². The average Bonchev–Trinajstić information content (AvgIpc) is 2.99. The van der Waals surface area contributed by atoms with Crippen molar-refractivity contribution in [2.45, 2.75) is 18.3 Å². The number of rotatable bonds is 3. The van der Waals surface area contributed by atoms with E-state index in [1.807, 2.05) is 23.6 Å². The second-order valence-electron chi connectivity index (χ2n) is 4.37. The van der Waals surface area contributed by atoms with Gasteiger partial charge in [0.15, 0.2) is 0 Å². The first-order valence-corrected chi connectivity index (χ1v) is 6.35. The molecule has 0 unspecified atom stereocenters. The zero-order chi connectivity index (χ0) is 12.0. The van der Waals surface area contributed by atoms with E-state index >= 15 is 0 Å². The topological polar surface area (TPSA) is 46.5 Å². The largest absolute Gasteiger partial charge is 0.495 e. The van der Waals surface area contributed by atoms with Crippen LogP contribution in [0.5, 0.6) is 5.75 Å². The molecule has 1 aromatic heterocycles. The fraction of sp³-hybridized carbons (Fsp3) is 0.308. The number of benzene rings is 1. The molecular weight excluding hydrogens is 236 g/mol. The van der Waals surface area contributed by atoms with Gasteiger partial charge in [-0.15, -0.1) is 11.3 Å². The number of carboxylic acid groups (broad SMARTS) is 1. The predicted octanol–water partition coefficient (Wildman–Crippen LogP) is 3.03. The van der Waals surface area contributed by atoms with Crippen molar-refractivity contribution in [2.24, 2.45) is 0 Å².